The monoisotopic (exact) mass is 602 g/mol. The third-order valence-electron chi connectivity index (χ3n) is 9.65. The van der Waals surface area contributed by atoms with Crippen LogP contribution in [0.25, 0.3) is 110 Å². The highest BCUT2D eigenvalue weighted by Gasteiger charge is 2.20. The Bertz CT molecular complexity index is 2880. The number of pyridine rings is 2. The number of nitrogens with zero attached hydrogens (tertiary/aromatic N) is 2. The van der Waals surface area contributed by atoms with E-state index in [9.17, 15) is 0 Å². The summed E-state index contributed by atoms with van der Waals surface area (Å²) in [5.41, 5.74) is 9.61. The number of aromatic nitrogens is 2. The summed E-state index contributed by atoms with van der Waals surface area (Å²) >= 11 is 0. The lowest BCUT2D eigenvalue weighted by atomic mass is 9.93. The minimum atomic E-state index is 0.850. The number of fused-ring (bicyclic) bond motifs is 13. The normalized spacial score (nSPS) is 12.3. The molecule has 0 unspecified atom stereocenters. The molecule has 6 aromatic carbocycles. The van der Waals surface area contributed by atoms with E-state index in [0.717, 1.165) is 110 Å². The fourth-order valence-corrected chi connectivity index (χ4v) is 7.47. The third kappa shape index (κ3) is 3.43. The van der Waals surface area contributed by atoms with Crippen molar-refractivity contribution in [3.8, 4) is 22.3 Å². The van der Waals surface area contributed by atoms with Gasteiger partial charge in [-0.05, 0) is 82.9 Å². The predicted molar refractivity (Wildman–Crippen MR) is 190 cm³/mol. The fraction of sp³-hybridized carbons (Fsp3) is 0. The molecular formula is C42H22N2O3. The molecule has 0 radical (unpaired) electrons. The van der Waals surface area contributed by atoms with Crippen molar-refractivity contribution in [2.45, 2.75) is 0 Å². The summed E-state index contributed by atoms with van der Waals surface area (Å²) in [7, 11) is 0. The molecule has 0 amide bonds. The Morgan fingerprint density at radius 2 is 0.809 bits per heavy atom. The first kappa shape index (κ1) is 24.8. The van der Waals surface area contributed by atoms with E-state index in [1.165, 1.54) is 0 Å². The highest BCUT2D eigenvalue weighted by Crippen LogP contribution is 2.45. The first-order valence-corrected chi connectivity index (χ1v) is 15.6. The summed E-state index contributed by atoms with van der Waals surface area (Å²) in [6, 6.07) is 37.9. The van der Waals surface area contributed by atoms with E-state index in [1.807, 2.05) is 49.1 Å². The molecule has 0 N–H and O–H groups in total. The van der Waals surface area contributed by atoms with Gasteiger partial charge in [0.2, 0.25) is 0 Å². The summed E-state index contributed by atoms with van der Waals surface area (Å²) < 4.78 is 19.1. The molecule has 5 heterocycles. The van der Waals surface area contributed by atoms with Crippen LogP contribution in [0.4, 0.5) is 0 Å². The summed E-state index contributed by atoms with van der Waals surface area (Å²) in [5.74, 6) is 0. The first-order chi connectivity index (χ1) is 23.3. The molecule has 0 aliphatic rings. The first-order valence-electron chi connectivity index (χ1n) is 15.6. The Morgan fingerprint density at radius 1 is 0.340 bits per heavy atom. The number of hydrogen-bond acceptors (Lipinski definition) is 5. The Morgan fingerprint density at radius 3 is 1.32 bits per heavy atom. The predicted octanol–water partition coefficient (Wildman–Crippen LogP) is 11.8. The van der Waals surface area contributed by atoms with Crippen molar-refractivity contribution in [1.29, 1.82) is 0 Å². The van der Waals surface area contributed by atoms with E-state index in [4.69, 9.17) is 13.3 Å². The van der Waals surface area contributed by atoms with Gasteiger partial charge >= 0.3 is 0 Å². The van der Waals surface area contributed by atoms with Gasteiger partial charge in [0.15, 0.2) is 0 Å². The fourth-order valence-electron chi connectivity index (χ4n) is 7.47. The highest BCUT2D eigenvalue weighted by atomic mass is 16.3. The van der Waals surface area contributed by atoms with E-state index in [-0.39, 0.29) is 0 Å². The van der Waals surface area contributed by atoms with Gasteiger partial charge < -0.3 is 13.3 Å². The molecular weight excluding hydrogens is 580 g/mol. The maximum Gasteiger partial charge on any atom is 0.143 e. The summed E-state index contributed by atoms with van der Waals surface area (Å²) in [6.07, 6.45) is 7.55. The third-order valence-corrected chi connectivity index (χ3v) is 9.65. The zero-order chi connectivity index (χ0) is 30.6. The van der Waals surface area contributed by atoms with E-state index < -0.39 is 0 Å². The van der Waals surface area contributed by atoms with Crippen LogP contribution in [-0.2, 0) is 0 Å². The van der Waals surface area contributed by atoms with Gasteiger partial charge in [0.25, 0.3) is 0 Å². The van der Waals surface area contributed by atoms with Crippen LogP contribution in [0.2, 0.25) is 0 Å². The summed E-state index contributed by atoms with van der Waals surface area (Å²) in [5, 5.41) is 10.6. The van der Waals surface area contributed by atoms with Crippen LogP contribution in [-0.4, -0.2) is 9.97 Å². The molecule has 0 fully saturated rings. The van der Waals surface area contributed by atoms with Gasteiger partial charge in [-0.1, -0.05) is 48.5 Å². The molecule has 0 saturated carbocycles. The molecule has 0 bridgehead atoms. The van der Waals surface area contributed by atoms with Crippen LogP contribution in [0.5, 0.6) is 0 Å². The molecule has 5 aromatic heterocycles. The second-order valence-corrected chi connectivity index (χ2v) is 12.2. The van der Waals surface area contributed by atoms with E-state index in [2.05, 4.69) is 94.9 Å². The lowest BCUT2D eigenvalue weighted by Crippen LogP contribution is -1.85. The minimum absolute atomic E-state index is 0.850. The van der Waals surface area contributed by atoms with Gasteiger partial charge in [-0.15, -0.1) is 0 Å². The Hall–Kier alpha value is -6.46. The summed E-state index contributed by atoms with van der Waals surface area (Å²) in [6.45, 7) is 0. The van der Waals surface area contributed by atoms with Crippen LogP contribution >= 0.6 is 0 Å². The van der Waals surface area contributed by atoms with Crippen molar-refractivity contribution in [1.82, 2.24) is 9.97 Å². The standard InChI is InChI=1S/C42H22N2O3/c1-3-7-37-25(5-1)31-17-23(9-11-39(31)45-37)29-19-33-34-20-30(24-10-12-40-32(18-24)26-6-2-4-8-38(26)46-40)36-22-44-16-14-28(36)42(34)47-41(33)27-13-15-43-21-35(27)29/h1-22H. The van der Waals surface area contributed by atoms with Crippen molar-refractivity contribution in [3.05, 3.63) is 134 Å². The molecule has 0 aliphatic carbocycles. The molecule has 0 atom stereocenters. The van der Waals surface area contributed by atoms with Gasteiger partial charge in [-0.25, -0.2) is 0 Å². The van der Waals surface area contributed by atoms with Crippen molar-refractivity contribution < 1.29 is 13.3 Å². The lowest BCUT2D eigenvalue weighted by molar-refractivity contribution is 0.668. The lowest BCUT2D eigenvalue weighted by Gasteiger charge is -2.09. The van der Waals surface area contributed by atoms with Crippen molar-refractivity contribution >= 4 is 87.4 Å². The van der Waals surface area contributed by atoms with Gasteiger partial charge in [-0.3, -0.25) is 9.97 Å². The van der Waals surface area contributed by atoms with Crippen LogP contribution in [0.1, 0.15) is 0 Å². The van der Waals surface area contributed by atoms with Gasteiger partial charge in [0.1, 0.15) is 33.5 Å². The van der Waals surface area contributed by atoms with Crippen LogP contribution in [0.3, 0.4) is 0 Å². The number of para-hydroxylation sites is 2. The number of hydrogen-bond donors (Lipinski definition) is 0. The maximum absolute atomic E-state index is 6.81. The van der Waals surface area contributed by atoms with Crippen molar-refractivity contribution in [3.63, 3.8) is 0 Å². The van der Waals surface area contributed by atoms with Gasteiger partial charge in [0, 0.05) is 78.6 Å². The molecule has 5 heteroatoms. The minimum Gasteiger partial charge on any atom is -0.456 e. The van der Waals surface area contributed by atoms with E-state index in [0.29, 0.717) is 0 Å². The second-order valence-electron chi connectivity index (χ2n) is 12.2. The number of benzene rings is 6. The van der Waals surface area contributed by atoms with E-state index in [1.54, 1.807) is 0 Å². The van der Waals surface area contributed by atoms with Gasteiger partial charge in [-0.2, -0.15) is 0 Å². The Balaban J connectivity index is 1.22. The largest absolute Gasteiger partial charge is 0.456 e. The Kier molecular flexibility index (Phi) is 4.78. The molecule has 218 valence electrons. The highest BCUT2D eigenvalue weighted by molar-refractivity contribution is 6.25. The quantitative estimate of drug-likeness (QED) is 0.197. The molecule has 11 rings (SSSR count). The zero-order valence-corrected chi connectivity index (χ0v) is 24.8. The van der Waals surface area contributed by atoms with Crippen LogP contribution in [0, 0.1) is 0 Å². The van der Waals surface area contributed by atoms with Crippen molar-refractivity contribution in [2.75, 3.05) is 0 Å². The van der Waals surface area contributed by atoms with E-state index >= 15 is 0 Å². The molecule has 0 aliphatic heterocycles. The second kappa shape index (κ2) is 9.05. The molecule has 11 aromatic rings. The number of rotatable bonds is 2. The van der Waals surface area contributed by atoms with Crippen molar-refractivity contribution in [2.24, 2.45) is 0 Å². The molecule has 0 spiro atoms. The molecule has 47 heavy (non-hydrogen) atoms. The topological polar surface area (TPSA) is 65.2 Å². The molecule has 5 nitrogen and oxygen atoms in total. The maximum atomic E-state index is 6.81. The van der Waals surface area contributed by atoms with Crippen LogP contribution < -0.4 is 0 Å². The zero-order valence-electron chi connectivity index (χ0n) is 24.8. The molecule has 0 saturated heterocycles. The average molecular weight is 603 g/mol. The average Bonchev–Trinajstić information content (AvgIpc) is 3.82. The SMILES string of the molecule is c1ccc2c(c1)oc1ccc(-c3cc4c5cc(-c6ccc7oc8ccccc8c7c6)c6cnccc6c5oc4c4ccncc34)cc12. The Labute approximate surface area is 266 Å². The van der Waals surface area contributed by atoms with Crippen LogP contribution in [0.15, 0.2) is 147 Å². The smallest absolute Gasteiger partial charge is 0.143 e. The summed E-state index contributed by atoms with van der Waals surface area (Å²) in [4.78, 5) is 9.06. The van der Waals surface area contributed by atoms with Gasteiger partial charge in [0.05, 0.1) is 0 Å². The number of furan rings is 3.